The second-order valence-corrected chi connectivity index (χ2v) is 16.0. The first-order valence-corrected chi connectivity index (χ1v) is 20.6. The molecule has 4 amide bonds. The Morgan fingerprint density at radius 2 is 1.67 bits per heavy atom. The van der Waals surface area contributed by atoms with Gasteiger partial charge in [0.05, 0.1) is 23.3 Å². The molecule has 0 atom stereocenters. The van der Waals surface area contributed by atoms with Crippen LogP contribution >= 0.6 is 0 Å². The van der Waals surface area contributed by atoms with Crippen LogP contribution in [0.1, 0.15) is 60.5 Å². The van der Waals surface area contributed by atoms with Crippen molar-refractivity contribution < 1.29 is 32.7 Å². The molecule has 0 spiro atoms. The number of nitrogens with zero attached hydrogens (tertiary/aromatic N) is 9. The minimum Gasteiger partial charge on any atom is -0.503 e. The highest BCUT2D eigenvalue weighted by molar-refractivity contribution is 6.05. The number of pyridine rings is 1. The van der Waals surface area contributed by atoms with Crippen molar-refractivity contribution in [3.8, 4) is 16.9 Å². The Balaban J connectivity index is 0.727. The summed E-state index contributed by atoms with van der Waals surface area (Å²) in [6.07, 6.45) is 14.7. The SMILES string of the molecule is O=C1CCN(c2cnc3cc(CCCN4CCN(c5ncc(-c6ccc7cn(C8CCC(CNC(=O)c9cc(F)c(O)c(F)c9F)CC8)nc7c6)cn5)CC4)ccn23)C(=O)N1. The third kappa shape index (κ3) is 8.31. The van der Waals surface area contributed by atoms with Crippen LogP contribution in [0.5, 0.6) is 5.75 Å². The van der Waals surface area contributed by atoms with Crippen molar-refractivity contribution in [3.63, 3.8) is 0 Å². The van der Waals surface area contributed by atoms with Gasteiger partial charge in [-0.15, -0.1) is 0 Å². The zero-order chi connectivity index (χ0) is 42.2. The lowest BCUT2D eigenvalue weighted by Gasteiger charge is -2.34. The van der Waals surface area contributed by atoms with Crippen LogP contribution in [0, 0.1) is 23.4 Å². The number of hydrogen-bond acceptors (Lipinski definition) is 10. The number of phenols is 1. The number of hydrogen-bond donors (Lipinski definition) is 3. The molecule has 15 nitrogen and oxygen atoms in total. The topological polar surface area (TPSA) is 166 Å². The van der Waals surface area contributed by atoms with E-state index in [0.29, 0.717) is 24.4 Å². The number of imide groups is 1. The number of phenolic OH excluding ortho intramolecular Hbond substituents is 1. The maximum absolute atomic E-state index is 14.1. The molecule has 2 aromatic carbocycles. The number of carbonyl (C=O) groups is 3. The van der Waals surface area contributed by atoms with Crippen LogP contribution in [0.4, 0.5) is 29.7 Å². The van der Waals surface area contributed by atoms with E-state index in [-0.39, 0.29) is 30.8 Å². The first kappa shape index (κ1) is 39.9. The van der Waals surface area contributed by atoms with Crippen molar-refractivity contribution in [2.75, 3.05) is 55.6 Å². The third-order valence-corrected chi connectivity index (χ3v) is 12.1. The molecule has 3 N–H and O–H groups in total. The summed E-state index contributed by atoms with van der Waals surface area (Å²) in [6, 6.07) is 10.5. The summed E-state index contributed by atoms with van der Waals surface area (Å²) in [5.74, 6) is -5.93. The Morgan fingerprint density at radius 1 is 0.885 bits per heavy atom. The van der Waals surface area contributed by atoms with Crippen molar-refractivity contribution in [1.29, 1.82) is 0 Å². The number of urea groups is 1. The summed E-state index contributed by atoms with van der Waals surface area (Å²) in [6.45, 7) is 5.04. The van der Waals surface area contributed by atoms with E-state index < -0.39 is 40.7 Å². The number of rotatable bonds is 11. The highest BCUT2D eigenvalue weighted by Gasteiger charge is 2.28. The molecule has 6 aromatic rings. The smallest absolute Gasteiger partial charge is 0.329 e. The molecular weight excluding hydrogens is 792 g/mol. The summed E-state index contributed by atoms with van der Waals surface area (Å²) < 4.78 is 45.5. The number of aromatic hydroxyl groups is 1. The van der Waals surface area contributed by atoms with Crippen LogP contribution in [0.15, 0.2) is 67.4 Å². The standard InChI is InChI=1S/C43H44F3N11O4/c44-33-20-32(38(45)39(46)40(33)59)41(60)48-21-27-3-7-31(8-4-27)57-25-29-6-5-28(19-34(29)52-57)30-22-49-42(50-23-30)54-16-14-53(15-17-54)11-1-2-26-9-12-55-35(18-26)47-24-37(55)56-13-10-36(58)51-43(56)61/h5-6,9,12,18-20,22-25,27,31,59H,1-4,7-8,10-11,13-17,21H2,(H,48,60)(H,51,58,61). The Bertz CT molecular complexity index is 2620. The van der Waals surface area contributed by atoms with Gasteiger partial charge in [-0.1, -0.05) is 12.1 Å². The fraction of sp³-hybridized carbons (Fsp3) is 0.372. The van der Waals surface area contributed by atoms with E-state index in [0.717, 1.165) is 98.9 Å². The molecule has 4 aromatic heterocycles. The van der Waals surface area contributed by atoms with Gasteiger partial charge in [0.2, 0.25) is 17.7 Å². The van der Waals surface area contributed by atoms with Crippen molar-refractivity contribution in [1.82, 2.24) is 44.7 Å². The van der Waals surface area contributed by atoms with Gasteiger partial charge < -0.3 is 15.3 Å². The van der Waals surface area contributed by atoms with Gasteiger partial charge in [0.15, 0.2) is 17.4 Å². The Labute approximate surface area is 348 Å². The molecule has 2 aliphatic heterocycles. The van der Waals surface area contributed by atoms with Crippen LogP contribution in [0.25, 0.3) is 27.7 Å². The number of aromatic nitrogens is 6. The van der Waals surface area contributed by atoms with E-state index in [9.17, 15) is 32.7 Å². The summed E-state index contributed by atoms with van der Waals surface area (Å²) in [7, 11) is 0. The molecule has 2 saturated heterocycles. The summed E-state index contributed by atoms with van der Waals surface area (Å²) in [4.78, 5) is 56.5. The summed E-state index contributed by atoms with van der Waals surface area (Å²) in [5, 5.41) is 20.1. The molecule has 0 radical (unpaired) electrons. The number of anilines is 2. The second-order valence-electron chi connectivity index (χ2n) is 16.0. The average molecular weight is 836 g/mol. The molecule has 1 saturated carbocycles. The highest BCUT2D eigenvalue weighted by Crippen LogP contribution is 2.34. The molecule has 1 aliphatic carbocycles. The Kier molecular flexibility index (Phi) is 11.0. The maximum atomic E-state index is 14.1. The molecular formula is C43H44F3N11O4. The lowest BCUT2D eigenvalue weighted by Crippen LogP contribution is -2.50. The molecule has 3 fully saturated rings. The van der Waals surface area contributed by atoms with E-state index >= 15 is 0 Å². The van der Waals surface area contributed by atoms with Crippen LogP contribution in [0.2, 0.25) is 0 Å². The molecule has 0 unspecified atom stereocenters. The lowest BCUT2D eigenvalue weighted by molar-refractivity contribution is -0.120. The van der Waals surface area contributed by atoms with Gasteiger partial charge in [-0.2, -0.15) is 9.49 Å². The number of aryl methyl sites for hydroxylation is 1. The lowest BCUT2D eigenvalue weighted by atomic mass is 9.86. The highest BCUT2D eigenvalue weighted by atomic mass is 19.2. The predicted octanol–water partition coefficient (Wildman–Crippen LogP) is 5.63. The number of halogens is 3. The van der Waals surface area contributed by atoms with Gasteiger partial charge in [0, 0.05) is 81.4 Å². The monoisotopic (exact) mass is 835 g/mol. The van der Waals surface area contributed by atoms with Gasteiger partial charge in [0.25, 0.3) is 5.91 Å². The normalized spacial score (nSPS) is 18.9. The number of nitrogens with one attached hydrogen (secondary N) is 2. The number of imidazole rings is 1. The zero-order valence-corrected chi connectivity index (χ0v) is 33.2. The van der Waals surface area contributed by atoms with Crippen LogP contribution in [-0.4, -0.2) is 103 Å². The number of amides is 4. The fourth-order valence-electron chi connectivity index (χ4n) is 8.56. The number of benzene rings is 2. The van der Waals surface area contributed by atoms with Gasteiger partial charge in [-0.05, 0) is 86.4 Å². The van der Waals surface area contributed by atoms with Crippen molar-refractivity contribution in [2.24, 2.45) is 5.92 Å². The molecule has 9 rings (SSSR count). The predicted molar refractivity (Wildman–Crippen MR) is 220 cm³/mol. The second kappa shape index (κ2) is 16.8. The third-order valence-electron chi connectivity index (χ3n) is 12.1. The number of fused-ring (bicyclic) bond motifs is 2. The first-order chi connectivity index (χ1) is 29.6. The summed E-state index contributed by atoms with van der Waals surface area (Å²) in [5.41, 5.74) is 3.90. The largest absolute Gasteiger partial charge is 0.503 e. The molecule has 3 aliphatic rings. The van der Waals surface area contributed by atoms with Gasteiger partial charge in [0.1, 0.15) is 11.5 Å². The van der Waals surface area contributed by atoms with Crippen LogP contribution in [0.3, 0.4) is 0 Å². The number of piperazine rings is 1. The minimum absolute atomic E-state index is 0.116. The molecule has 6 heterocycles. The van der Waals surface area contributed by atoms with Crippen molar-refractivity contribution in [2.45, 2.75) is 51.0 Å². The first-order valence-electron chi connectivity index (χ1n) is 20.6. The van der Waals surface area contributed by atoms with E-state index in [1.54, 1.807) is 11.1 Å². The fourth-order valence-corrected chi connectivity index (χ4v) is 8.56. The van der Waals surface area contributed by atoms with Crippen LogP contribution < -0.4 is 20.4 Å². The average Bonchev–Trinajstić information content (AvgIpc) is 3.91. The van der Waals surface area contributed by atoms with Gasteiger partial charge in [-0.25, -0.2) is 28.5 Å². The van der Waals surface area contributed by atoms with E-state index in [4.69, 9.17) is 15.1 Å². The molecule has 61 heavy (non-hydrogen) atoms. The molecule has 0 bridgehead atoms. The van der Waals surface area contributed by atoms with Gasteiger partial charge >= 0.3 is 6.03 Å². The Hall–Kier alpha value is -6.56. The molecule has 18 heteroatoms. The van der Waals surface area contributed by atoms with E-state index in [1.807, 2.05) is 52.1 Å². The zero-order valence-electron chi connectivity index (χ0n) is 33.2. The van der Waals surface area contributed by atoms with Gasteiger partial charge in [-0.3, -0.25) is 33.8 Å². The van der Waals surface area contributed by atoms with Crippen LogP contribution in [-0.2, 0) is 11.2 Å². The number of carbonyl (C=O) groups excluding carboxylic acids is 3. The van der Waals surface area contributed by atoms with E-state index in [1.165, 1.54) is 5.56 Å². The van der Waals surface area contributed by atoms with Crippen molar-refractivity contribution >= 4 is 46.2 Å². The van der Waals surface area contributed by atoms with E-state index in [2.05, 4.69) is 37.6 Å². The van der Waals surface area contributed by atoms with Crippen molar-refractivity contribution in [3.05, 3.63) is 96.0 Å². The molecule has 316 valence electrons. The Morgan fingerprint density at radius 3 is 2.44 bits per heavy atom. The summed E-state index contributed by atoms with van der Waals surface area (Å²) >= 11 is 0. The maximum Gasteiger partial charge on any atom is 0.329 e. The quantitative estimate of drug-likeness (QED) is 0.139. The minimum atomic E-state index is -1.78.